The van der Waals surface area contributed by atoms with Crippen LogP contribution in [0.5, 0.6) is 0 Å². The Labute approximate surface area is 108 Å². The highest BCUT2D eigenvalue weighted by Gasteiger charge is 2.40. The van der Waals surface area contributed by atoms with E-state index in [1.807, 2.05) is 18.2 Å². The normalized spacial score (nSPS) is 28.8. The SMILES string of the molecule is O=C1N[C@@H](c2ccccc2)[C@@H](C2CCCCC2)O1. The van der Waals surface area contributed by atoms with Gasteiger partial charge in [-0.2, -0.15) is 0 Å². The summed E-state index contributed by atoms with van der Waals surface area (Å²) in [5.74, 6) is 0.517. The molecule has 0 unspecified atom stereocenters. The number of nitrogens with one attached hydrogen (secondary N) is 1. The van der Waals surface area contributed by atoms with Crippen LogP contribution < -0.4 is 5.32 Å². The second-order valence-electron chi connectivity index (χ2n) is 5.30. The molecule has 3 rings (SSSR count). The molecule has 2 atom stereocenters. The lowest BCUT2D eigenvalue weighted by atomic mass is 9.81. The quantitative estimate of drug-likeness (QED) is 0.867. The third kappa shape index (κ3) is 2.22. The minimum atomic E-state index is -0.264. The van der Waals surface area contributed by atoms with Crippen molar-refractivity contribution in [3.63, 3.8) is 0 Å². The Balaban J connectivity index is 1.81. The van der Waals surface area contributed by atoms with Crippen LogP contribution >= 0.6 is 0 Å². The molecular formula is C15H19NO2. The highest BCUT2D eigenvalue weighted by Crippen LogP contribution is 2.36. The maximum atomic E-state index is 11.5. The molecule has 2 fully saturated rings. The van der Waals surface area contributed by atoms with Crippen molar-refractivity contribution in [3.05, 3.63) is 35.9 Å². The van der Waals surface area contributed by atoms with E-state index < -0.39 is 0 Å². The smallest absolute Gasteiger partial charge is 0.408 e. The van der Waals surface area contributed by atoms with Gasteiger partial charge in [-0.05, 0) is 24.3 Å². The Bertz CT molecular complexity index is 412. The van der Waals surface area contributed by atoms with Crippen LogP contribution in [-0.2, 0) is 4.74 Å². The van der Waals surface area contributed by atoms with Crippen molar-refractivity contribution in [2.24, 2.45) is 5.92 Å². The number of rotatable bonds is 2. The van der Waals surface area contributed by atoms with Crippen LogP contribution in [0.2, 0.25) is 0 Å². The van der Waals surface area contributed by atoms with Crippen LogP contribution in [0.15, 0.2) is 30.3 Å². The van der Waals surface area contributed by atoms with E-state index in [1.165, 1.54) is 32.1 Å². The molecule has 0 radical (unpaired) electrons. The maximum absolute atomic E-state index is 11.5. The monoisotopic (exact) mass is 245 g/mol. The molecule has 0 aromatic heterocycles. The second kappa shape index (κ2) is 5.01. The largest absolute Gasteiger partial charge is 0.443 e. The van der Waals surface area contributed by atoms with Crippen molar-refractivity contribution in [1.29, 1.82) is 0 Å². The van der Waals surface area contributed by atoms with Crippen molar-refractivity contribution in [3.8, 4) is 0 Å². The first-order valence-electron chi connectivity index (χ1n) is 6.87. The fourth-order valence-corrected chi connectivity index (χ4v) is 3.20. The molecule has 96 valence electrons. The Kier molecular flexibility index (Phi) is 3.22. The van der Waals surface area contributed by atoms with Gasteiger partial charge in [-0.15, -0.1) is 0 Å². The number of hydrogen-bond acceptors (Lipinski definition) is 2. The zero-order valence-electron chi connectivity index (χ0n) is 10.5. The summed E-state index contributed by atoms with van der Waals surface area (Å²) in [6, 6.07) is 10.2. The molecule has 2 aliphatic rings. The van der Waals surface area contributed by atoms with Gasteiger partial charge in [0.15, 0.2) is 0 Å². The first-order valence-corrected chi connectivity index (χ1v) is 6.87. The molecule has 1 aliphatic heterocycles. The summed E-state index contributed by atoms with van der Waals surface area (Å²) < 4.78 is 5.52. The summed E-state index contributed by atoms with van der Waals surface area (Å²) in [6.07, 6.45) is 5.96. The Morgan fingerprint density at radius 3 is 2.50 bits per heavy atom. The Morgan fingerprint density at radius 2 is 1.78 bits per heavy atom. The number of ether oxygens (including phenoxy) is 1. The average Bonchev–Trinajstić information content (AvgIpc) is 2.83. The molecule has 0 spiro atoms. The van der Waals surface area contributed by atoms with Gasteiger partial charge in [0.25, 0.3) is 0 Å². The number of hydrogen-bond donors (Lipinski definition) is 1. The van der Waals surface area contributed by atoms with Gasteiger partial charge in [0.05, 0.1) is 6.04 Å². The molecule has 3 heteroatoms. The van der Waals surface area contributed by atoms with Crippen LogP contribution in [0.25, 0.3) is 0 Å². The minimum Gasteiger partial charge on any atom is -0.443 e. The maximum Gasteiger partial charge on any atom is 0.408 e. The van der Waals surface area contributed by atoms with Gasteiger partial charge in [-0.1, -0.05) is 49.6 Å². The van der Waals surface area contributed by atoms with Crippen LogP contribution in [0, 0.1) is 5.92 Å². The summed E-state index contributed by atoms with van der Waals surface area (Å²) in [7, 11) is 0. The van der Waals surface area contributed by atoms with Gasteiger partial charge in [-0.3, -0.25) is 0 Å². The molecule has 18 heavy (non-hydrogen) atoms. The number of carbonyl (C=O) groups excluding carboxylic acids is 1. The van der Waals surface area contributed by atoms with Crippen LogP contribution in [-0.4, -0.2) is 12.2 Å². The van der Waals surface area contributed by atoms with E-state index in [0.717, 1.165) is 5.56 Å². The Hall–Kier alpha value is -1.51. The van der Waals surface area contributed by atoms with Crippen LogP contribution in [0.3, 0.4) is 0 Å². The zero-order valence-corrected chi connectivity index (χ0v) is 10.5. The molecule has 1 aromatic rings. The van der Waals surface area contributed by atoms with Crippen molar-refractivity contribution in [1.82, 2.24) is 5.32 Å². The van der Waals surface area contributed by atoms with E-state index in [2.05, 4.69) is 17.4 Å². The van der Waals surface area contributed by atoms with Crippen molar-refractivity contribution >= 4 is 6.09 Å². The fourth-order valence-electron chi connectivity index (χ4n) is 3.20. The van der Waals surface area contributed by atoms with Crippen LogP contribution in [0.1, 0.15) is 43.7 Å². The average molecular weight is 245 g/mol. The zero-order chi connectivity index (χ0) is 12.4. The molecular weight excluding hydrogens is 226 g/mol. The molecule has 1 saturated heterocycles. The first-order chi connectivity index (χ1) is 8.84. The summed E-state index contributed by atoms with van der Waals surface area (Å²) >= 11 is 0. The lowest BCUT2D eigenvalue weighted by molar-refractivity contribution is 0.0738. The molecule has 1 saturated carbocycles. The second-order valence-corrected chi connectivity index (χ2v) is 5.30. The number of cyclic esters (lactones) is 1. The molecule has 1 N–H and O–H groups in total. The molecule has 1 aliphatic carbocycles. The Morgan fingerprint density at radius 1 is 1.06 bits per heavy atom. The predicted octanol–water partition coefficient (Wildman–Crippen LogP) is 3.42. The fraction of sp³-hybridized carbons (Fsp3) is 0.533. The van der Waals surface area contributed by atoms with Gasteiger partial charge >= 0.3 is 6.09 Å². The van der Waals surface area contributed by atoms with E-state index in [1.54, 1.807) is 0 Å². The minimum absolute atomic E-state index is 0.0141. The first kappa shape index (κ1) is 11.6. The lowest BCUT2D eigenvalue weighted by Gasteiger charge is -2.29. The molecule has 3 nitrogen and oxygen atoms in total. The predicted molar refractivity (Wildman–Crippen MR) is 69.2 cm³/mol. The van der Waals surface area contributed by atoms with Gasteiger partial charge in [0, 0.05) is 0 Å². The highest BCUT2D eigenvalue weighted by molar-refractivity contribution is 5.70. The highest BCUT2D eigenvalue weighted by atomic mass is 16.6. The topological polar surface area (TPSA) is 38.3 Å². The van der Waals surface area contributed by atoms with Crippen molar-refractivity contribution in [2.45, 2.75) is 44.2 Å². The van der Waals surface area contributed by atoms with Gasteiger partial charge < -0.3 is 10.1 Å². The third-order valence-corrected chi connectivity index (χ3v) is 4.12. The molecule has 0 bridgehead atoms. The van der Waals surface area contributed by atoms with E-state index in [-0.39, 0.29) is 18.2 Å². The molecule has 1 aromatic carbocycles. The van der Waals surface area contributed by atoms with Gasteiger partial charge in [-0.25, -0.2) is 4.79 Å². The van der Waals surface area contributed by atoms with E-state index in [9.17, 15) is 4.79 Å². The van der Waals surface area contributed by atoms with E-state index in [4.69, 9.17) is 4.74 Å². The number of amides is 1. The standard InChI is InChI=1S/C15H19NO2/c17-15-16-13(11-7-3-1-4-8-11)14(18-15)12-9-5-2-6-10-12/h1,3-4,7-8,12-14H,2,5-6,9-10H2,(H,16,17)/t13-,14+/m0/s1. The van der Waals surface area contributed by atoms with Gasteiger partial charge in [0.2, 0.25) is 0 Å². The van der Waals surface area contributed by atoms with Crippen molar-refractivity contribution in [2.75, 3.05) is 0 Å². The number of benzene rings is 1. The number of alkyl carbamates (subject to hydrolysis) is 1. The lowest BCUT2D eigenvalue weighted by Crippen LogP contribution is -2.30. The summed E-state index contributed by atoms with van der Waals surface area (Å²) in [5.41, 5.74) is 1.15. The van der Waals surface area contributed by atoms with E-state index >= 15 is 0 Å². The summed E-state index contributed by atoms with van der Waals surface area (Å²) in [5, 5.41) is 2.96. The van der Waals surface area contributed by atoms with Crippen LogP contribution in [0.4, 0.5) is 4.79 Å². The van der Waals surface area contributed by atoms with Gasteiger partial charge in [0.1, 0.15) is 6.10 Å². The third-order valence-electron chi connectivity index (χ3n) is 4.12. The molecule has 1 amide bonds. The summed E-state index contributed by atoms with van der Waals surface area (Å²) in [4.78, 5) is 11.5. The van der Waals surface area contributed by atoms with Crippen molar-refractivity contribution < 1.29 is 9.53 Å². The molecule has 1 heterocycles. The summed E-state index contributed by atoms with van der Waals surface area (Å²) in [6.45, 7) is 0. The van der Waals surface area contributed by atoms with E-state index in [0.29, 0.717) is 5.92 Å². The number of carbonyl (C=O) groups is 1.